The molecular weight excluding hydrogens is 276 g/mol. The fraction of sp³-hybridized carbons (Fsp3) is 1.00. The second-order valence-corrected chi connectivity index (χ2v) is 9.36. The van der Waals surface area contributed by atoms with Gasteiger partial charge in [-0.15, -0.1) is 0 Å². The van der Waals surface area contributed by atoms with E-state index in [1.54, 1.807) is 0 Å². The van der Waals surface area contributed by atoms with Gasteiger partial charge in [-0.1, -0.05) is 6.42 Å². The zero-order valence-corrected chi connectivity index (χ0v) is 12.5. The molecule has 1 aliphatic carbocycles. The number of rotatable bonds is 6. The van der Waals surface area contributed by atoms with Crippen LogP contribution in [0.4, 0.5) is 0 Å². The van der Waals surface area contributed by atoms with E-state index in [4.69, 9.17) is 5.73 Å². The predicted octanol–water partition coefficient (Wildman–Crippen LogP) is -0.580. The van der Waals surface area contributed by atoms with Crippen LogP contribution in [-0.2, 0) is 19.9 Å². The van der Waals surface area contributed by atoms with E-state index in [1.807, 2.05) is 0 Å². The van der Waals surface area contributed by atoms with Gasteiger partial charge >= 0.3 is 0 Å². The van der Waals surface area contributed by atoms with Crippen molar-refractivity contribution in [3.8, 4) is 0 Å². The zero-order chi connectivity index (χ0) is 14.0. The number of sulfonamides is 1. The Kier molecular flexibility index (Phi) is 5.16. The average molecular weight is 298 g/mol. The van der Waals surface area contributed by atoms with E-state index in [0.29, 0.717) is 6.54 Å². The third-order valence-electron chi connectivity index (χ3n) is 3.54. The maximum absolute atomic E-state index is 12.0. The first-order valence-electron chi connectivity index (χ1n) is 6.01. The summed E-state index contributed by atoms with van der Waals surface area (Å²) in [6.07, 6.45) is 3.75. The lowest BCUT2D eigenvalue weighted by Gasteiger charge is -2.28. The lowest BCUT2D eigenvalue weighted by Crippen LogP contribution is -2.43. The van der Waals surface area contributed by atoms with Crippen LogP contribution in [0.2, 0.25) is 0 Å². The fourth-order valence-electron chi connectivity index (χ4n) is 2.38. The number of hydrogen-bond donors (Lipinski definition) is 1. The van der Waals surface area contributed by atoms with Gasteiger partial charge in [0.2, 0.25) is 10.0 Å². The molecule has 8 heteroatoms. The van der Waals surface area contributed by atoms with Crippen molar-refractivity contribution in [2.24, 2.45) is 11.7 Å². The molecule has 6 nitrogen and oxygen atoms in total. The van der Waals surface area contributed by atoms with Crippen LogP contribution in [0, 0.1) is 5.92 Å². The molecule has 0 aromatic carbocycles. The van der Waals surface area contributed by atoms with Crippen molar-refractivity contribution >= 4 is 19.9 Å². The van der Waals surface area contributed by atoms with Gasteiger partial charge in [0.05, 0.1) is 11.5 Å². The molecule has 0 aliphatic heterocycles. The summed E-state index contributed by atoms with van der Waals surface area (Å²) in [5.41, 5.74) is 5.63. The monoisotopic (exact) mass is 298 g/mol. The normalized spacial score (nSPS) is 25.8. The van der Waals surface area contributed by atoms with Crippen molar-refractivity contribution in [1.29, 1.82) is 0 Å². The largest absolute Gasteiger partial charge is 0.330 e. The van der Waals surface area contributed by atoms with Gasteiger partial charge in [-0.05, 0) is 25.3 Å². The molecule has 1 fully saturated rings. The van der Waals surface area contributed by atoms with Crippen LogP contribution in [0.1, 0.15) is 19.3 Å². The first-order chi connectivity index (χ1) is 8.17. The minimum Gasteiger partial charge on any atom is -0.330 e. The quantitative estimate of drug-likeness (QED) is 0.707. The van der Waals surface area contributed by atoms with Crippen LogP contribution >= 0.6 is 0 Å². The Balaban J connectivity index is 2.72. The fourth-order valence-corrected chi connectivity index (χ4v) is 5.41. The van der Waals surface area contributed by atoms with E-state index in [1.165, 1.54) is 11.4 Å². The van der Waals surface area contributed by atoms with Crippen LogP contribution in [0.15, 0.2) is 0 Å². The van der Waals surface area contributed by atoms with Crippen molar-refractivity contribution in [3.05, 3.63) is 0 Å². The van der Waals surface area contributed by atoms with Crippen LogP contribution < -0.4 is 5.73 Å². The first kappa shape index (κ1) is 15.9. The lowest BCUT2D eigenvalue weighted by molar-refractivity contribution is 0.304. The summed E-state index contributed by atoms with van der Waals surface area (Å²) in [6, 6.07) is -0.0837. The molecule has 2 atom stereocenters. The van der Waals surface area contributed by atoms with Crippen LogP contribution in [0.5, 0.6) is 0 Å². The highest BCUT2D eigenvalue weighted by Gasteiger charge is 2.35. The Hall–Kier alpha value is -0.180. The minimum absolute atomic E-state index is 0.0837. The van der Waals surface area contributed by atoms with Gasteiger partial charge in [0.1, 0.15) is 9.84 Å². The molecular formula is C10H22N2O4S2. The van der Waals surface area contributed by atoms with Crippen molar-refractivity contribution in [3.63, 3.8) is 0 Å². The molecule has 0 radical (unpaired) electrons. The molecule has 2 unspecified atom stereocenters. The Morgan fingerprint density at radius 2 is 1.78 bits per heavy atom. The third-order valence-corrected chi connectivity index (χ3v) is 6.61. The number of nitrogens with two attached hydrogens (primary N) is 1. The number of nitrogens with zero attached hydrogens (tertiary/aromatic N) is 1. The Morgan fingerprint density at radius 1 is 1.17 bits per heavy atom. The van der Waals surface area contributed by atoms with Crippen molar-refractivity contribution in [1.82, 2.24) is 4.31 Å². The molecule has 0 saturated heterocycles. The molecule has 2 N–H and O–H groups in total. The highest BCUT2D eigenvalue weighted by atomic mass is 32.2. The summed E-state index contributed by atoms with van der Waals surface area (Å²) >= 11 is 0. The van der Waals surface area contributed by atoms with Crippen LogP contribution in [-0.4, -0.2) is 58.5 Å². The summed E-state index contributed by atoms with van der Waals surface area (Å²) < 4.78 is 47.5. The predicted molar refractivity (Wildman–Crippen MR) is 71.4 cm³/mol. The van der Waals surface area contributed by atoms with E-state index in [0.717, 1.165) is 25.5 Å². The summed E-state index contributed by atoms with van der Waals surface area (Å²) in [4.78, 5) is 0. The van der Waals surface area contributed by atoms with E-state index in [-0.39, 0.29) is 23.5 Å². The van der Waals surface area contributed by atoms with Crippen molar-refractivity contribution in [2.75, 3.05) is 31.4 Å². The lowest BCUT2D eigenvalue weighted by atomic mass is 10.0. The van der Waals surface area contributed by atoms with Gasteiger partial charge in [0.25, 0.3) is 0 Å². The molecule has 1 saturated carbocycles. The Morgan fingerprint density at radius 3 is 2.28 bits per heavy atom. The smallest absolute Gasteiger partial charge is 0.215 e. The maximum atomic E-state index is 12.0. The molecule has 0 bridgehead atoms. The van der Waals surface area contributed by atoms with Gasteiger partial charge in [-0.2, -0.15) is 0 Å². The molecule has 1 rings (SSSR count). The van der Waals surface area contributed by atoms with E-state index < -0.39 is 19.9 Å². The summed E-state index contributed by atoms with van der Waals surface area (Å²) in [5, 5.41) is 0. The van der Waals surface area contributed by atoms with Crippen LogP contribution in [0.25, 0.3) is 0 Å². The van der Waals surface area contributed by atoms with Crippen molar-refractivity contribution in [2.45, 2.75) is 25.3 Å². The Labute approximate surface area is 110 Å². The second-order valence-electron chi connectivity index (χ2n) is 4.96. The maximum Gasteiger partial charge on any atom is 0.215 e. The van der Waals surface area contributed by atoms with Gasteiger partial charge in [-0.25, -0.2) is 21.1 Å². The molecule has 0 aromatic rings. The molecule has 1 aliphatic rings. The first-order valence-corrected chi connectivity index (χ1v) is 9.68. The summed E-state index contributed by atoms with van der Waals surface area (Å²) in [6.45, 7) is 0.469. The van der Waals surface area contributed by atoms with Crippen LogP contribution in [0.3, 0.4) is 0 Å². The molecule has 18 heavy (non-hydrogen) atoms. The summed E-state index contributed by atoms with van der Waals surface area (Å²) in [7, 11) is -5.26. The molecule has 0 amide bonds. The van der Waals surface area contributed by atoms with E-state index in [9.17, 15) is 16.8 Å². The van der Waals surface area contributed by atoms with Gasteiger partial charge in [0, 0.05) is 19.3 Å². The minimum atomic E-state index is -3.52. The molecule has 0 heterocycles. The summed E-state index contributed by atoms with van der Waals surface area (Å²) in [5.74, 6) is -0.501. The molecule has 0 aromatic heterocycles. The second kappa shape index (κ2) is 5.85. The highest BCUT2D eigenvalue weighted by molar-refractivity contribution is 7.93. The van der Waals surface area contributed by atoms with Gasteiger partial charge < -0.3 is 5.73 Å². The number of hydrogen-bond acceptors (Lipinski definition) is 5. The molecule has 0 spiro atoms. The topological polar surface area (TPSA) is 97.5 Å². The van der Waals surface area contributed by atoms with Gasteiger partial charge in [-0.3, -0.25) is 0 Å². The molecule has 108 valence electrons. The zero-order valence-electron chi connectivity index (χ0n) is 10.9. The Bertz CT molecular complexity index is 472. The van der Waals surface area contributed by atoms with E-state index in [2.05, 4.69) is 0 Å². The highest BCUT2D eigenvalue weighted by Crippen LogP contribution is 2.30. The van der Waals surface area contributed by atoms with Gasteiger partial charge in [0.15, 0.2) is 0 Å². The standard InChI is InChI=1S/C10H22N2O4S2/c1-12(10-5-3-4-9(10)8-11)18(15,16)7-6-17(2,13)14/h9-10H,3-8,11H2,1-2H3. The third kappa shape index (κ3) is 4.18. The number of sulfone groups is 1. The van der Waals surface area contributed by atoms with Crippen molar-refractivity contribution < 1.29 is 16.8 Å². The average Bonchev–Trinajstić information content (AvgIpc) is 2.72. The SMILES string of the molecule is CN(C1CCCC1CN)S(=O)(=O)CCS(C)(=O)=O. The van der Waals surface area contributed by atoms with E-state index >= 15 is 0 Å².